The van der Waals surface area contributed by atoms with Crippen molar-refractivity contribution in [2.75, 3.05) is 36.8 Å². The highest BCUT2D eigenvalue weighted by molar-refractivity contribution is 7.99. The van der Waals surface area contributed by atoms with Gasteiger partial charge in [0.15, 0.2) is 11.0 Å². The lowest BCUT2D eigenvalue weighted by Crippen LogP contribution is -2.36. The van der Waals surface area contributed by atoms with Gasteiger partial charge in [0, 0.05) is 44.0 Å². The molecular formula is C25H28N6OS. The van der Waals surface area contributed by atoms with E-state index in [1.807, 2.05) is 41.3 Å². The fourth-order valence-corrected chi connectivity index (χ4v) is 4.97. The molecule has 0 atom stereocenters. The molecule has 1 aromatic heterocycles. The molecule has 1 fully saturated rings. The average molecular weight is 461 g/mol. The molecule has 8 heteroatoms. The Labute approximate surface area is 199 Å². The Hall–Kier alpha value is -3.31. The zero-order valence-corrected chi connectivity index (χ0v) is 19.9. The molecule has 170 valence electrons. The van der Waals surface area contributed by atoms with Gasteiger partial charge in [0.25, 0.3) is 0 Å². The second kappa shape index (κ2) is 10.5. The Balaban J connectivity index is 1.36. The van der Waals surface area contributed by atoms with Crippen molar-refractivity contribution in [3.8, 4) is 17.5 Å². The van der Waals surface area contributed by atoms with Gasteiger partial charge in [-0.1, -0.05) is 35.5 Å². The second-order valence-corrected chi connectivity index (χ2v) is 9.03. The zero-order valence-electron chi connectivity index (χ0n) is 19.1. The first-order valence-corrected chi connectivity index (χ1v) is 12.2. The number of benzene rings is 2. The molecule has 1 aliphatic heterocycles. The van der Waals surface area contributed by atoms with Crippen LogP contribution in [-0.2, 0) is 11.3 Å². The van der Waals surface area contributed by atoms with E-state index < -0.39 is 0 Å². The predicted molar refractivity (Wildman–Crippen MR) is 131 cm³/mol. The van der Waals surface area contributed by atoms with Crippen molar-refractivity contribution in [1.29, 1.82) is 5.26 Å². The molecule has 1 amide bonds. The molecule has 1 aliphatic rings. The van der Waals surface area contributed by atoms with E-state index >= 15 is 0 Å². The molecule has 3 aromatic rings. The third-order valence-electron chi connectivity index (χ3n) is 5.84. The number of thioether (sulfide) groups is 1. The third-order valence-corrected chi connectivity index (χ3v) is 6.80. The lowest BCUT2D eigenvalue weighted by atomic mass is 10.1. The van der Waals surface area contributed by atoms with Crippen molar-refractivity contribution in [2.24, 2.45) is 0 Å². The summed E-state index contributed by atoms with van der Waals surface area (Å²) in [7, 11) is 0. The van der Waals surface area contributed by atoms with Crippen LogP contribution in [0.3, 0.4) is 0 Å². The largest absolute Gasteiger partial charge is 0.370 e. The molecule has 0 bridgehead atoms. The minimum Gasteiger partial charge on any atom is -0.370 e. The number of anilines is 1. The second-order valence-electron chi connectivity index (χ2n) is 8.09. The maximum atomic E-state index is 13.0. The molecule has 0 unspecified atom stereocenters. The van der Waals surface area contributed by atoms with Gasteiger partial charge < -0.3 is 14.4 Å². The Morgan fingerprint density at radius 1 is 1.09 bits per heavy atom. The van der Waals surface area contributed by atoms with E-state index in [4.69, 9.17) is 5.26 Å². The van der Waals surface area contributed by atoms with Gasteiger partial charge in [0.1, 0.15) is 0 Å². The van der Waals surface area contributed by atoms with Crippen molar-refractivity contribution >= 4 is 23.4 Å². The number of hydrogen-bond acceptors (Lipinski definition) is 6. The first kappa shape index (κ1) is 22.9. The number of nitriles is 1. The lowest BCUT2D eigenvalue weighted by Gasteiger charge is -2.23. The number of nitrogens with zero attached hydrogens (tertiary/aromatic N) is 6. The molecule has 0 spiro atoms. The molecule has 33 heavy (non-hydrogen) atoms. The van der Waals surface area contributed by atoms with Crippen LogP contribution in [0.4, 0.5) is 5.69 Å². The van der Waals surface area contributed by atoms with Crippen molar-refractivity contribution in [1.82, 2.24) is 19.7 Å². The molecule has 0 saturated carbocycles. The van der Waals surface area contributed by atoms with Crippen LogP contribution in [0.2, 0.25) is 0 Å². The molecule has 4 rings (SSSR count). The number of aryl methyl sites for hydroxylation is 1. The molecule has 1 saturated heterocycles. The SMILES string of the molecule is CCn1c(SCC(=O)N2CCCN(c3ccc(C#N)cc3)CC2)nnc1-c1cccc(C)c1. The highest BCUT2D eigenvalue weighted by atomic mass is 32.2. The normalized spacial score (nSPS) is 14.1. The number of hydrogen-bond donors (Lipinski definition) is 0. The summed E-state index contributed by atoms with van der Waals surface area (Å²) in [6.07, 6.45) is 0.916. The van der Waals surface area contributed by atoms with Crippen molar-refractivity contribution in [3.05, 3.63) is 59.7 Å². The van der Waals surface area contributed by atoms with Crippen LogP contribution in [-0.4, -0.2) is 57.5 Å². The first-order valence-electron chi connectivity index (χ1n) is 11.2. The minimum absolute atomic E-state index is 0.129. The number of amides is 1. The molecule has 0 radical (unpaired) electrons. The highest BCUT2D eigenvalue weighted by Crippen LogP contribution is 2.25. The maximum absolute atomic E-state index is 13.0. The molecular weight excluding hydrogens is 432 g/mol. The molecule has 0 aliphatic carbocycles. The van der Waals surface area contributed by atoms with Gasteiger partial charge in [-0.3, -0.25) is 4.79 Å². The molecule has 0 N–H and O–H groups in total. The number of aromatic nitrogens is 3. The van der Waals surface area contributed by atoms with Crippen LogP contribution in [0.5, 0.6) is 0 Å². The fourth-order valence-electron chi connectivity index (χ4n) is 4.07. The van der Waals surface area contributed by atoms with E-state index in [1.165, 1.54) is 17.3 Å². The van der Waals surface area contributed by atoms with Crippen LogP contribution in [0.15, 0.2) is 53.7 Å². The van der Waals surface area contributed by atoms with Crippen LogP contribution < -0.4 is 4.90 Å². The Morgan fingerprint density at radius 3 is 2.64 bits per heavy atom. The van der Waals surface area contributed by atoms with Gasteiger partial charge in [0.05, 0.1) is 17.4 Å². The lowest BCUT2D eigenvalue weighted by molar-refractivity contribution is -0.128. The summed E-state index contributed by atoms with van der Waals surface area (Å²) in [5.74, 6) is 1.32. The van der Waals surface area contributed by atoms with Gasteiger partial charge in [-0.05, 0) is 50.6 Å². The third kappa shape index (κ3) is 5.37. The quantitative estimate of drug-likeness (QED) is 0.518. The number of carbonyl (C=O) groups is 1. The molecule has 2 heterocycles. The monoisotopic (exact) mass is 460 g/mol. The van der Waals surface area contributed by atoms with Crippen molar-refractivity contribution in [2.45, 2.75) is 32.0 Å². The predicted octanol–water partition coefficient (Wildman–Crippen LogP) is 3.98. The zero-order chi connectivity index (χ0) is 23.2. The first-order chi connectivity index (χ1) is 16.1. The van der Waals surface area contributed by atoms with E-state index in [-0.39, 0.29) is 5.91 Å². The average Bonchev–Trinajstić information content (AvgIpc) is 3.09. The number of rotatable bonds is 6. The van der Waals surface area contributed by atoms with Gasteiger partial charge >= 0.3 is 0 Å². The van der Waals surface area contributed by atoms with Crippen LogP contribution in [0.25, 0.3) is 11.4 Å². The van der Waals surface area contributed by atoms with E-state index in [1.54, 1.807) is 0 Å². The molecule has 2 aromatic carbocycles. The summed E-state index contributed by atoms with van der Waals surface area (Å²) in [6, 6.07) is 18.0. The summed E-state index contributed by atoms with van der Waals surface area (Å²) in [5.41, 5.74) is 3.97. The summed E-state index contributed by atoms with van der Waals surface area (Å²) in [5, 5.41) is 18.5. The summed E-state index contributed by atoms with van der Waals surface area (Å²) >= 11 is 1.46. The minimum atomic E-state index is 0.129. The Kier molecular flexibility index (Phi) is 7.30. The Morgan fingerprint density at radius 2 is 1.91 bits per heavy atom. The van der Waals surface area contributed by atoms with Gasteiger partial charge in [-0.2, -0.15) is 5.26 Å². The van der Waals surface area contributed by atoms with Crippen molar-refractivity contribution in [3.63, 3.8) is 0 Å². The smallest absolute Gasteiger partial charge is 0.233 e. The summed E-state index contributed by atoms with van der Waals surface area (Å²) < 4.78 is 2.07. The van der Waals surface area contributed by atoms with E-state index in [0.29, 0.717) is 17.9 Å². The van der Waals surface area contributed by atoms with Gasteiger partial charge in [-0.25, -0.2) is 0 Å². The summed E-state index contributed by atoms with van der Waals surface area (Å²) in [4.78, 5) is 17.2. The van der Waals surface area contributed by atoms with Gasteiger partial charge in [-0.15, -0.1) is 10.2 Å². The summed E-state index contributed by atoms with van der Waals surface area (Å²) in [6.45, 7) is 8.00. The van der Waals surface area contributed by atoms with Gasteiger partial charge in [0.2, 0.25) is 5.91 Å². The van der Waals surface area contributed by atoms with Crippen LogP contribution in [0.1, 0.15) is 24.5 Å². The van der Waals surface area contributed by atoms with E-state index in [0.717, 1.165) is 54.8 Å². The Bertz CT molecular complexity index is 1150. The van der Waals surface area contributed by atoms with E-state index in [2.05, 4.69) is 51.7 Å². The molecule has 7 nitrogen and oxygen atoms in total. The number of carbonyl (C=O) groups excluding carboxylic acids is 1. The standard InChI is InChI=1S/C25H28N6OS/c1-3-31-24(21-7-4-6-19(2)16-21)27-28-25(31)33-18-23(32)30-13-5-12-29(14-15-30)22-10-8-20(17-26)9-11-22/h4,6-11,16H,3,5,12-15,18H2,1-2H3. The van der Waals surface area contributed by atoms with Crippen LogP contribution in [0, 0.1) is 18.3 Å². The van der Waals surface area contributed by atoms with Crippen molar-refractivity contribution < 1.29 is 4.79 Å². The van der Waals surface area contributed by atoms with E-state index in [9.17, 15) is 4.79 Å². The van der Waals surface area contributed by atoms with Crippen LogP contribution >= 0.6 is 11.8 Å². The topological polar surface area (TPSA) is 78.0 Å². The fraction of sp³-hybridized carbons (Fsp3) is 0.360. The maximum Gasteiger partial charge on any atom is 0.233 e. The highest BCUT2D eigenvalue weighted by Gasteiger charge is 2.21.